The van der Waals surface area contributed by atoms with E-state index in [2.05, 4.69) is 19.2 Å². The predicted molar refractivity (Wildman–Crippen MR) is 62.6 cm³/mol. The Labute approximate surface area is 91.7 Å². The molecule has 0 spiro atoms. The molecule has 0 saturated carbocycles. The van der Waals surface area contributed by atoms with Crippen molar-refractivity contribution in [2.45, 2.75) is 39.7 Å². The third kappa shape index (κ3) is 3.03. The molecule has 1 rings (SSSR count). The molecule has 2 heteroatoms. The molecule has 0 bridgehead atoms. The van der Waals surface area contributed by atoms with Crippen molar-refractivity contribution in [2.75, 3.05) is 6.54 Å². The zero-order valence-electron chi connectivity index (χ0n) is 9.97. The van der Waals surface area contributed by atoms with Crippen LogP contribution in [-0.4, -0.2) is 6.54 Å². The van der Waals surface area contributed by atoms with Gasteiger partial charge in [0.25, 0.3) is 0 Å². The van der Waals surface area contributed by atoms with Gasteiger partial charge in [0.2, 0.25) is 0 Å². The Morgan fingerprint density at radius 2 is 1.93 bits per heavy atom. The van der Waals surface area contributed by atoms with Crippen LogP contribution in [-0.2, 0) is 0 Å². The van der Waals surface area contributed by atoms with Gasteiger partial charge in [-0.05, 0) is 36.6 Å². The lowest BCUT2D eigenvalue weighted by atomic mass is 9.97. The van der Waals surface area contributed by atoms with Crippen molar-refractivity contribution < 1.29 is 4.39 Å². The topological polar surface area (TPSA) is 12.0 Å². The summed E-state index contributed by atoms with van der Waals surface area (Å²) >= 11 is 0. The molecule has 1 N–H and O–H groups in total. The summed E-state index contributed by atoms with van der Waals surface area (Å²) in [5.41, 5.74) is 1.96. The van der Waals surface area contributed by atoms with Crippen molar-refractivity contribution in [3.05, 3.63) is 35.1 Å². The summed E-state index contributed by atoms with van der Waals surface area (Å²) in [5, 5.41) is 3.32. The molecular formula is C13H20FN. The fraction of sp³-hybridized carbons (Fsp3) is 0.538. The first-order valence-electron chi connectivity index (χ1n) is 5.59. The average molecular weight is 209 g/mol. The summed E-state index contributed by atoms with van der Waals surface area (Å²) in [4.78, 5) is 0. The van der Waals surface area contributed by atoms with Crippen molar-refractivity contribution in [3.63, 3.8) is 0 Å². The second kappa shape index (κ2) is 5.26. The molecule has 1 aromatic rings. The molecule has 15 heavy (non-hydrogen) atoms. The van der Waals surface area contributed by atoms with Crippen LogP contribution in [0.4, 0.5) is 4.39 Å². The van der Waals surface area contributed by atoms with E-state index in [0.29, 0.717) is 0 Å². The number of benzene rings is 1. The zero-order chi connectivity index (χ0) is 11.4. The summed E-state index contributed by atoms with van der Waals surface area (Å²) in [6, 6.07) is 5.67. The normalized spacial score (nSPS) is 13.2. The summed E-state index contributed by atoms with van der Waals surface area (Å²) < 4.78 is 13.4. The average Bonchev–Trinajstić information content (AvgIpc) is 2.18. The lowest BCUT2D eigenvalue weighted by molar-refractivity contribution is 0.578. The SMILES string of the molecule is CCNC(C)c1ccc(F)c(C(C)C)c1. The van der Waals surface area contributed by atoms with Crippen molar-refractivity contribution >= 4 is 0 Å². The van der Waals surface area contributed by atoms with E-state index >= 15 is 0 Å². The molecule has 0 heterocycles. The van der Waals surface area contributed by atoms with E-state index in [1.54, 1.807) is 6.07 Å². The number of rotatable bonds is 4. The largest absolute Gasteiger partial charge is 0.310 e. The van der Waals surface area contributed by atoms with Gasteiger partial charge < -0.3 is 5.32 Å². The van der Waals surface area contributed by atoms with Crippen LogP contribution in [0.3, 0.4) is 0 Å². The van der Waals surface area contributed by atoms with Crippen molar-refractivity contribution in [1.82, 2.24) is 5.32 Å². The first kappa shape index (κ1) is 12.2. The van der Waals surface area contributed by atoms with Crippen LogP contribution in [0.5, 0.6) is 0 Å². The van der Waals surface area contributed by atoms with Crippen LogP contribution in [0, 0.1) is 5.82 Å². The molecule has 1 atom stereocenters. The standard InChI is InChI=1S/C13H20FN/c1-5-15-10(4)11-6-7-13(14)12(8-11)9(2)3/h6-10,15H,5H2,1-4H3. The highest BCUT2D eigenvalue weighted by Gasteiger charge is 2.10. The minimum absolute atomic E-state index is 0.0996. The van der Waals surface area contributed by atoms with Gasteiger partial charge in [-0.3, -0.25) is 0 Å². The van der Waals surface area contributed by atoms with Crippen molar-refractivity contribution in [2.24, 2.45) is 0 Å². The second-order valence-electron chi connectivity index (χ2n) is 4.22. The minimum atomic E-state index is -0.0996. The molecule has 0 amide bonds. The van der Waals surface area contributed by atoms with Crippen molar-refractivity contribution in [1.29, 1.82) is 0 Å². The third-order valence-electron chi connectivity index (χ3n) is 2.65. The van der Waals surface area contributed by atoms with Crippen LogP contribution in [0.2, 0.25) is 0 Å². The molecule has 0 saturated heterocycles. The van der Waals surface area contributed by atoms with Gasteiger partial charge in [0, 0.05) is 6.04 Å². The Bertz CT molecular complexity index is 320. The number of hydrogen-bond acceptors (Lipinski definition) is 1. The molecule has 1 aromatic carbocycles. The maximum Gasteiger partial charge on any atom is 0.126 e. The van der Waals surface area contributed by atoms with E-state index in [0.717, 1.165) is 17.7 Å². The fourth-order valence-electron chi connectivity index (χ4n) is 1.70. The zero-order valence-corrected chi connectivity index (χ0v) is 9.97. The minimum Gasteiger partial charge on any atom is -0.310 e. The van der Waals surface area contributed by atoms with E-state index in [1.165, 1.54) is 0 Å². The van der Waals surface area contributed by atoms with Gasteiger partial charge in [-0.2, -0.15) is 0 Å². The molecular weight excluding hydrogens is 189 g/mol. The first-order valence-corrected chi connectivity index (χ1v) is 5.59. The van der Waals surface area contributed by atoms with E-state index in [4.69, 9.17) is 0 Å². The van der Waals surface area contributed by atoms with Crippen LogP contribution in [0.1, 0.15) is 50.8 Å². The highest BCUT2D eigenvalue weighted by Crippen LogP contribution is 2.22. The quantitative estimate of drug-likeness (QED) is 0.798. The van der Waals surface area contributed by atoms with Crippen molar-refractivity contribution in [3.8, 4) is 0 Å². The van der Waals surface area contributed by atoms with Gasteiger partial charge in [-0.15, -0.1) is 0 Å². The Morgan fingerprint density at radius 1 is 1.27 bits per heavy atom. The van der Waals surface area contributed by atoms with Gasteiger partial charge in [-0.1, -0.05) is 32.9 Å². The number of nitrogens with one attached hydrogen (secondary N) is 1. The molecule has 0 radical (unpaired) electrons. The monoisotopic (exact) mass is 209 g/mol. The van der Waals surface area contributed by atoms with E-state index < -0.39 is 0 Å². The Balaban J connectivity index is 2.96. The maximum absolute atomic E-state index is 13.4. The molecule has 0 aliphatic heterocycles. The van der Waals surface area contributed by atoms with Crippen LogP contribution < -0.4 is 5.32 Å². The Morgan fingerprint density at radius 3 is 2.47 bits per heavy atom. The van der Waals surface area contributed by atoms with Gasteiger partial charge in [0.15, 0.2) is 0 Å². The van der Waals surface area contributed by atoms with Crippen LogP contribution in [0.25, 0.3) is 0 Å². The molecule has 0 aromatic heterocycles. The number of hydrogen-bond donors (Lipinski definition) is 1. The molecule has 0 fully saturated rings. The highest BCUT2D eigenvalue weighted by molar-refractivity contribution is 5.29. The Hall–Kier alpha value is -0.890. The predicted octanol–water partition coefficient (Wildman–Crippen LogP) is 3.62. The fourth-order valence-corrected chi connectivity index (χ4v) is 1.70. The summed E-state index contributed by atoms with van der Waals surface area (Å²) in [5.74, 6) is 0.135. The number of halogens is 1. The van der Waals surface area contributed by atoms with Gasteiger partial charge >= 0.3 is 0 Å². The third-order valence-corrected chi connectivity index (χ3v) is 2.65. The second-order valence-corrected chi connectivity index (χ2v) is 4.22. The van der Waals surface area contributed by atoms with Crippen LogP contribution >= 0.6 is 0 Å². The van der Waals surface area contributed by atoms with Gasteiger partial charge in [0.05, 0.1) is 0 Å². The Kier molecular flexibility index (Phi) is 4.28. The molecule has 84 valence electrons. The summed E-state index contributed by atoms with van der Waals surface area (Å²) in [6.45, 7) is 9.12. The molecule has 1 nitrogen and oxygen atoms in total. The first-order chi connectivity index (χ1) is 7.06. The molecule has 0 aliphatic rings. The highest BCUT2D eigenvalue weighted by atomic mass is 19.1. The van der Waals surface area contributed by atoms with Gasteiger partial charge in [0.1, 0.15) is 5.82 Å². The smallest absolute Gasteiger partial charge is 0.126 e. The van der Waals surface area contributed by atoms with E-state index in [9.17, 15) is 4.39 Å². The maximum atomic E-state index is 13.4. The van der Waals surface area contributed by atoms with Crippen LogP contribution in [0.15, 0.2) is 18.2 Å². The summed E-state index contributed by atoms with van der Waals surface area (Å²) in [7, 11) is 0. The molecule has 0 aliphatic carbocycles. The van der Waals surface area contributed by atoms with E-state index in [-0.39, 0.29) is 17.8 Å². The van der Waals surface area contributed by atoms with Gasteiger partial charge in [-0.25, -0.2) is 4.39 Å². The lowest BCUT2D eigenvalue weighted by Gasteiger charge is -2.15. The summed E-state index contributed by atoms with van der Waals surface area (Å²) in [6.07, 6.45) is 0. The van der Waals surface area contributed by atoms with E-state index in [1.807, 2.05) is 26.0 Å². The molecule has 1 unspecified atom stereocenters. The lowest BCUT2D eigenvalue weighted by Crippen LogP contribution is -2.18.